The number of hydrogen-bond acceptors (Lipinski definition) is 4. The second kappa shape index (κ2) is 10.1. The fourth-order valence-corrected chi connectivity index (χ4v) is 3.81. The molecule has 1 aromatic rings. The minimum atomic E-state index is 0.0431. The third kappa shape index (κ3) is 6.19. The molecule has 2 amide bonds. The third-order valence-electron chi connectivity index (χ3n) is 5.37. The van der Waals surface area contributed by atoms with E-state index < -0.39 is 0 Å². The zero-order valence-electron chi connectivity index (χ0n) is 15.8. The van der Waals surface area contributed by atoms with Gasteiger partial charge < -0.3 is 15.1 Å². The first kappa shape index (κ1) is 20.1. The van der Waals surface area contributed by atoms with Crippen LogP contribution in [0.4, 0.5) is 0 Å². The van der Waals surface area contributed by atoms with Crippen LogP contribution in [0, 0.1) is 0 Å². The number of carbonyl (C=O) groups is 2. The highest BCUT2D eigenvalue weighted by atomic mass is 35.5. The topological polar surface area (TPSA) is 55.9 Å². The molecule has 0 bridgehead atoms. The van der Waals surface area contributed by atoms with Crippen LogP contribution in [0.25, 0.3) is 0 Å². The Morgan fingerprint density at radius 1 is 0.963 bits per heavy atom. The molecule has 0 unspecified atom stereocenters. The molecule has 2 fully saturated rings. The lowest BCUT2D eigenvalue weighted by molar-refractivity contribution is -0.131. The average molecular weight is 393 g/mol. The Morgan fingerprint density at radius 3 is 2.33 bits per heavy atom. The lowest BCUT2D eigenvalue weighted by Crippen LogP contribution is -2.50. The van der Waals surface area contributed by atoms with Gasteiger partial charge in [-0.05, 0) is 24.5 Å². The molecule has 0 radical (unpaired) electrons. The van der Waals surface area contributed by atoms with Crippen molar-refractivity contribution >= 4 is 23.4 Å². The summed E-state index contributed by atoms with van der Waals surface area (Å²) in [5, 5.41) is 3.61. The van der Waals surface area contributed by atoms with E-state index in [-0.39, 0.29) is 11.8 Å². The number of carbonyl (C=O) groups excluding carboxylic acids is 2. The molecule has 0 aromatic heterocycles. The molecule has 0 saturated carbocycles. The Labute approximate surface area is 166 Å². The first-order chi connectivity index (χ1) is 13.1. The van der Waals surface area contributed by atoms with Gasteiger partial charge in [-0.25, -0.2) is 0 Å². The van der Waals surface area contributed by atoms with E-state index in [1.807, 2.05) is 29.2 Å². The largest absolute Gasteiger partial charge is 0.352 e. The van der Waals surface area contributed by atoms with Crippen molar-refractivity contribution < 1.29 is 9.59 Å². The van der Waals surface area contributed by atoms with E-state index in [4.69, 9.17) is 11.6 Å². The van der Waals surface area contributed by atoms with Gasteiger partial charge in [0.25, 0.3) is 0 Å². The maximum atomic E-state index is 12.2. The summed E-state index contributed by atoms with van der Waals surface area (Å²) < 4.78 is 0. The molecule has 1 N–H and O–H groups in total. The molecule has 2 heterocycles. The van der Waals surface area contributed by atoms with E-state index in [1.165, 1.54) is 0 Å². The number of hydrogen-bond donors (Lipinski definition) is 1. The van der Waals surface area contributed by atoms with Crippen molar-refractivity contribution in [2.45, 2.75) is 25.8 Å². The normalized spacial score (nSPS) is 18.6. The van der Waals surface area contributed by atoms with Crippen LogP contribution in [0.5, 0.6) is 0 Å². The van der Waals surface area contributed by atoms with Gasteiger partial charge in [0.2, 0.25) is 11.8 Å². The summed E-state index contributed by atoms with van der Waals surface area (Å²) in [6.07, 6.45) is 2.76. The maximum Gasteiger partial charge on any atom is 0.236 e. The molecule has 6 nitrogen and oxygen atoms in total. The summed E-state index contributed by atoms with van der Waals surface area (Å²) in [5.41, 5.74) is 0.934. The van der Waals surface area contributed by atoms with Crippen LogP contribution in [0.1, 0.15) is 24.8 Å². The second-order valence-corrected chi connectivity index (χ2v) is 7.73. The van der Waals surface area contributed by atoms with Crippen LogP contribution in [0.3, 0.4) is 0 Å². The molecule has 1 aromatic carbocycles. The molecule has 148 valence electrons. The molecule has 0 aliphatic carbocycles. The van der Waals surface area contributed by atoms with Crippen LogP contribution in [0.2, 0.25) is 5.02 Å². The molecule has 2 aliphatic rings. The number of amides is 2. The number of rotatable bonds is 7. The van der Waals surface area contributed by atoms with Crippen molar-refractivity contribution in [2.75, 3.05) is 52.4 Å². The fourth-order valence-electron chi connectivity index (χ4n) is 3.61. The molecule has 2 saturated heterocycles. The summed E-state index contributed by atoms with van der Waals surface area (Å²) in [6, 6.07) is 7.55. The van der Waals surface area contributed by atoms with E-state index in [9.17, 15) is 9.59 Å². The van der Waals surface area contributed by atoms with Crippen LogP contribution in [0.15, 0.2) is 24.3 Å². The molecule has 7 heteroatoms. The van der Waals surface area contributed by atoms with Crippen molar-refractivity contribution in [3.05, 3.63) is 34.9 Å². The number of benzene rings is 1. The average Bonchev–Trinajstić information content (AvgIpc) is 3.22. The summed E-state index contributed by atoms with van der Waals surface area (Å²) in [6.45, 7) is 7.18. The van der Waals surface area contributed by atoms with Crippen LogP contribution < -0.4 is 5.32 Å². The van der Waals surface area contributed by atoms with Gasteiger partial charge in [0, 0.05) is 63.8 Å². The van der Waals surface area contributed by atoms with Gasteiger partial charge in [-0.3, -0.25) is 14.5 Å². The SMILES string of the molecule is O=C(CCN1CCN(CC(=O)N2CCCC2)CC1)NCc1ccccc1Cl. The first-order valence-electron chi connectivity index (χ1n) is 9.84. The Bertz CT molecular complexity index is 641. The van der Waals surface area contributed by atoms with E-state index >= 15 is 0 Å². The lowest BCUT2D eigenvalue weighted by atomic mass is 10.2. The highest BCUT2D eigenvalue weighted by molar-refractivity contribution is 6.31. The van der Waals surface area contributed by atoms with Crippen molar-refractivity contribution in [1.82, 2.24) is 20.0 Å². The highest BCUT2D eigenvalue weighted by Crippen LogP contribution is 2.14. The fraction of sp³-hybridized carbons (Fsp3) is 0.600. The van der Waals surface area contributed by atoms with Crippen molar-refractivity contribution in [1.29, 1.82) is 0 Å². The summed E-state index contributed by atoms with van der Waals surface area (Å²) >= 11 is 6.11. The van der Waals surface area contributed by atoms with Crippen molar-refractivity contribution in [2.24, 2.45) is 0 Å². The van der Waals surface area contributed by atoms with E-state index in [0.29, 0.717) is 24.5 Å². The monoisotopic (exact) mass is 392 g/mol. The molecule has 0 spiro atoms. The van der Waals surface area contributed by atoms with E-state index in [2.05, 4.69) is 15.1 Å². The Morgan fingerprint density at radius 2 is 1.63 bits per heavy atom. The number of halogens is 1. The Kier molecular flexibility index (Phi) is 7.50. The highest BCUT2D eigenvalue weighted by Gasteiger charge is 2.23. The molecule has 0 atom stereocenters. The predicted molar refractivity (Wildman–Crippen MR) is 107 cm³/mol. The molecule has 27 heavy (non-hydrogen) atoms. The summed E-state index contributed by atoms with van der Waals surface area (Å²) in [4.78, 5) is 30.8. The Balaban J connectivity index is 1.30. The quantitative estimate of drug-likeness (QED) is 0.765. The van der Waals surface area contributed by atoms with Crippen molar-refractivity contribution in [3.8, 4) is 0 Å². The molecular weight excluding hydrogens is 364 g/mol. The van der Waals surface area contributed by atoms with Crippen LogP contribution in [-0.4, -0.2) is 78.9 Å². The first-order valence-corrected chi connectivity index (χ1v) is 10.2. The molecule has 2 aliphatic heterocycles. The smallest absolute Gasteiger partial charge is 0.236 e. The van der Waals surface area contributed by atoms with Crippen LogP contribution in [-0.2, 0) is 16.1 Å². The Hall–Kier alpha value is -1.63. The van der Waals surface area contributed by atoms with Gasteiger partial charge in [-0.1, -0.05) is 29.8 Å². The number of nitrogens with one attached hydrogen (secondary N) is 1. The maximum absolute atomic E-state index is 12.2. The molecular formula is C20H29ClN4O2. The number of piperazine rings is 1. The zero-order valence-corrected chi connectivity index (χ0v) is 16.6. The number of likely N-dealkylation sites (tertiary alicyclic amines) is 1. The van der Waals surface area contributed by atoms with Gasteiger partial charge in [0.1, 0.15) is 0 Å². The minimum Gasteiger partial charge on any atom is -0.352 e. The lowest BCUT2D eigenvalue weighted by Gasteiger charge is -2.34. The molecule has 3 rings (SSSR count). The van der Waals surface area contributed by atoms with Gasteiger partial charge in [-0.15, -0.1) is 0 Å². The van der Waals surface area contributed by atoms with Gasteiger partial charge >= 0.3 is 0 Å². The predicted octanol–water partition coefficient (Wildman–Crippen LogP) is 1.59. The standard InChI is InChI=1S/C20H29ClN4O2/c21-18-6-2-1-5-17(18)15-22-19(26)7-10-23-11-13-24(14-12-23)16-20(27)25-8-3-4-9-25/h1-2,5-6H,3-4,7-16H2,(H,22,26). The zero-order chi connectivity index (χ0) is 19.1. The number of nitrogens with zero attached hydrogens (tertiary/aromatic N) is 3. The third-order valence-corrected chi connectivity index (χ3v) is 5.74. The van der Waals surface area contributed by atoms with E-state index in [0.717, 1.165) is 64.2 Å². The van der Waals surface area contributed by atoms with Gasteiger partial charge in [0.05, 0.1) is 6.54 Å². The van der Waals surface area contributed by atoms with E-state index in [1.54, 1.807) is 0 Å². The van der Waals surface area contributed by atoms with Gasteiger partial charge in [-0.2, -0.15) is 0 Å². The van der Waals surface area contributed by atoms with Gasteiger partial charge in [0.15, 0.2) is 0 Å². The second-order valence-electron chi connectivity index (χ2n) is 7.32. The van der Waals surface area contributed by atoms with Crippen molar-refractivity contribution in [3.63, 3.8) is 0 Å². The summed E-state index contributed by atoms with van der Waals surface area (Å²) in [5.74, 6) is 0.307. The minimum absolute atomic E-state index is 0.0431. The van der Waals surface area contributed by atoms with Crippen LogP contribution >= 0.6 is 11.6 Å². The summed E-state index contributed by atoms with van der Waals surface area (Å²) in [7, 11) is 0.